The lowest BCUT2D eigenvalue weighted by Crippen LogP contribution is -2.43. The summed E-state index contributed by atoms with van der Waals surface area (Å²) in [4.78, 5) is 68.8. The van der Waals surface area contributed by atoms with Gasteiger partial charge in [-0.3, -0.25) is 28.7 Å². The minimum Gasteiger partial charge on any atom is -0.455 e. The van der Waals surface area contributed by atoms with Crippen molar-refractivity contribution in [1.82, 2.24) is 19.1 Å². The van der Waals surface area contributed by atoms with Crippen molar-refractivity contribution in [2.75, 3.05) is 8.86 Å². The van der Waals surface area contributed by atoms with Gasteiger partial charge in [0.05, 0.1) is 11.7 Å². The highest BCUT2D eigenvalue weighted by atomic mass is 127. The van der Waals surface area contributed by atoms with Crippen molar-refractivity contribution in [1.29, 1.82) is 0 Å². The molecule has 1 aromatic carbocycles. The molecule has 3 N–H and O–H groups in total. The molecule has 8 unspecified atom stereocenters. The second kappa shape index (κ2) is 15.5. The van der Waals surface area contributed by atoms with E-state index in [0.29, 0.717) is 5.56 Å². The van der Waals surface area contributed by atoms with Crippen LogP contribution in [-0.2, 0) is 14.2 Å². The molecular weight excluding hydrogens is 862 g/mol. The van der Waals surface area contributed by atoms with Crippen LogP contribution in [0.15, 0.2) is 84.3 Å². The number of hydrogen-bond donors (Lipinski definition) is 3. The number of nitrogens with zero attached hydrogens (tertiary/aromatic N) is 8. The van der Waals surface area contributed by atoms with Gasteiger partial charge in [-0.05, 0) is 23.2 Å². The minimum atomic E-state index is -1.50. The summed E-state index contributed by atoms with van der Waals surface area (Å²) in [5.41, 5.74) is 12.7. The van der Waals surface area contributed by atoms with Crippen LogP contribution < -0.4 is 22.5 Å². The number of aromatic nitrogens is 4. The molecular formula is C27H28I2N10O9. The van der Waals surface area contributed by atoms with Gasteiger partial charge < -0.3 is 19.3 Å². The number of hydrogen-bond acceptors (Lipinski definition) is 11. The van der Waals surface area contributed by atoms with Crippen molar-refractivity contribution >= 4 is 51.2 Å². The van der Waals surface area contributed by atoms with Crippen molar-refractivity contribution < 1.29 is 24.1 Å². The first kappa shape index (κ1) is 36.8. The molecule has 5 rings (SSSR count). The van der Waals surface area contributed by atoms with Gasteiger partial charge in [0.2, 0.25) is 0 Å². The highest BCUT2D eigenvalue weighted by Crippen LogP contribution is 2.45. The van der Waals surface area contributed by atoms with Gasteiger partial charge in [0.1, 0.15) is 18.6 Å². The summed E-state index contributed by atoms with van der Waals surface area (Å²) in [6.45, 7) is 3.39. The van der Waals surface area contributed by atoms with E-state index in [4.69, 9.17) is 25.3 Å². The van der Waals surface area contributed by atoms with Gasteiger partial charge >= 0.3 is 17.3 Å². The van der Waals surface area contributed by atoms with Gasteiger partial charge in [0.15, 0.2) is 11.4 Å². The molecule has 0 bridgehead atoms. The zero-order valence-electron chi connectivity index (χ0n) is 25.1. The number of H-pyrrole nitrogens is 2. The topological polar surface area (TPSA) is 272 Å². The molecule has 254 valence electrons. The molecule has 8 atom stereocenters. The van der Waals surface area contributed by atoms with Crippen molar-refractivity contribution in [3.8, 4) is 0 Å². The molecule has 21 heteroatoms. The van der Waals surface area contributed by atoms with Crippen LogP contribution in [0.1, 0.15) is 36.7 Å². The molecule has 0 radical (unpaired) electrons. The molecule has 0 aliphatic carbocycles. The van der Waals surface area contributed by atoms with Crippen LogP contribution >= 0.6 is 45.2 Å². The summed E-state index contributed by atoms with van der Waals surface area (Å²) in [7, 11) is 0. The number of aliphatic hydroxyl groups excluding tert-OH is 1. The summed E-state index contributed by atoms with van der Waals surface area (Å²) >= 11 is 3.91. The molecule has 2 aliphatic rings. The fraction of sp³-hybridized carbons (Fsp3) is 0.444. The summed E-state index contributed by atoms with van der Waals surface area (Å²) in [5, 5.41) is 17.5. The fourth-order valence-corrected chi connectivity index (χ4v) is 6.87. The third kappa shape index (κ3) is 7.36. The average molecular weight is 890 g/mol. The van der Waals surface area contributed by atoms with Crippen molar-refractivity contribution in [3.05, 3.63) is 123 Å². The third-order valence-corrected chi connectivity index (χ3v) is 9.92. The molecule has 2 aromatic heterocycles. The van der Waals surface area contributed by atoms with Crippen LogP contribution in [0.4, 0.5) is 0 Å². The molecule has 4 heterocycles. The molecule has 2 saturated heterocycles. The number of ether oxygens (including phenoxy) is 3. The number of rotatable bonds is 8. The minimum absolute atomic E-state index is 0.181. The number of aliphatic hydroxyl groups is 1. The third-order valence-electron chi connectivity index (χ3n) is 7.74. The Labute approximate surface area is 296 Å². The molecule has 3 aromatic rings. The Bertz CT molecular complexity index is 1970. The van der Waals surface area contributed by atoms with E-state index in [9.17, 15) is 29.1 Å². The molecule has 0 saturated carbocycles. The smallest absolute Gasteiger partial charge is 0.338 e. The monoisotopic (exact) mass is 890 g/mol. The van der Waals surface area contributed by atoms with Gasteiger partial charge in [-0.1, -0.05) is 87.5 Å². The van der Waals surface area contributed by atoms with Gasteiger partial charge in [-0.2, -0.15) is 0 Å². The number of halogens is 2. The second-order valence-corrected chi connectivity index (χ2v) is 12.3. The van der Waals surface area contributed by atoms with E-state index in [-0.39, 0.29) is 8.86 Å². The molecule has 48 heavy (non-hydrogen) atoms. The maximum absolute atomic E-state index is 12.6. The number of alkyl halides is 2. The summed E-state index contributed by atoms with van der Waals surface area (Å²) in [6, 6.07) is 10.7. The van der Waals surface area contributed by atoms with Crippen LogP contribution in [0, 0.1) is 11.8 Å². The first-order valence-electron chi connectivity index (χ1n) is 14.0. The molecule has 0 spiro atoms. The van der Waals surface area contributed by atoms with Crippen molar-refractivity contribution in [3.63, 3.8) is 0 Å². The first-order valence-corrected chi connectivity index (χ1v) is 17.1. The normalized spacial score (nSPS) is 29.1. The van der Waals surface area contributed by atoms with E-state index in [0.717, 1.165) is 4.57 Å². The number of azide groups is 2. The lowest BCUT2D eigenvalue weighted by molar-refractivity contribution is -0.0869. The van der Waals surface area contributed by atoms with E-state index in [1.807, 2.05) is 45.2 Å². The number of carbonyl (C=O) groups excluding carboxylic acids is 1. The van der Waals surface area contributed by atoms with Gasteiger partial charge in [-0.15, -0.1) is 0 Å². The van der Waals surface area contributed by atoms with Gasteiger partial charge in [0, 0.05) is 55.0 Å². The fourth-order valence-electron chi connectivity index (χ4n) is 5.32. The zero-order chi connectivity index (χ0) is 35.2. The largest absolute Gasteiger partial charge is 0.455 e. The van der Waals surface area contributed by atoms with E-state index < -0.39 is 76.4 Å². The predicted molar refractivity (Wildman–Crippen MR) is 184 cm³/mol. The highest BCUT2D eigenvalue weighted by Gasteiger charge is 2.56. The number of benzene rings is 1. The highest BCUT2D eigenvalue weighted by molar-refractivity contribution is 14.1. The SMILES string of the molecule is CC1C(n2ccc(=O)[nH]c2=O)OC(CI)(N=[N+]=[N-])C1O.CC1C(n2ccc(=O)[nH]c2=O)OC(CI)(N=[N+]=[N-])C1OC(=O)c1ccccc1. The number of nitrogens with one attached hydrogen (secondary N) is 2. The Morgan fingerprint density at radius 1 is 0.875 bits per heavy atom. The Kier molecular flexibility index (Phi) is 11.9. The van der Waals surface area contributed by atoms with Crippen LogP contribution in [-0.4, -0.2) is 62.7 Å². The summed E-state index contributed by atoms with van der Waals surface area (Å²) in [5.74, 6) is -1.63. The van der Waals surface area contributed by atoms with Gasteiger partial charge in [-0.25, -0.2) is 14.4 Å². The van der Waals surface area contributed by atoms with Crippen LogP contribution in [0.2, 0.25) is 0 Å². The molecule has 19 nitrogen and oxygen atoms in total. The lowest BCUT2D eigenvalue weighted by Gasteiger charge is -2.28. The molecule has 2 fully saturated rings. The van der Waals surface area contributed by atoms with Crippen LogP contribution in [0.5, 0.6) is 0 Å². The summed E-state index contributed by atoms with van der Waals surface area (Å²) < 4.78 is 20.0. The van der Waals surface area contributed by atoms with Crippen molar-refractivity contribution in [2.45, 2.75) is 50.0 Å². The lowest BCUT2D eigenvalue weighted by atomic mass is 9.98. The Morgan fingerprint density at radius 2 is 1.35 bits per heavy atom. The number of carbonyl (C=O) groups is 1. The van der Waals surface area contributed by atoms with Crippen molar-refractivity contribution in [2.24, 2.45) is 22.1 Å². The number of aromatic amines is 2. The van der Waals surface area contributed by atoms with Crippen LogP contribution in [0.3, 0.4) is 0 Å². The maximum atomic E-state index is 12.6. The Morgan fingerprint density at radius 3 is 1.83 bits per heavy atom. The molecule has 0 amide bonds. The Balaban J connectivity index is 0.000000229. The quantitative estimate of drug-likeness (QED) is 0.0748. The molecule has 2 aliphatic heterocycles. The van der Waals surface area contributed by atoms with E-state index >= 15 is 0 Å². The second-order valence-electron chi connectivity index (χ2n) is 10.7. The van der Waals surface area contributed by atoms with Crippen LogP contribution in [0.25, 0.3) is 20.9 Å². The Hall–Kier alpha value is -3.99. The van der Waals surface area contributed by atoms with E-state index in [2.05, 4.69) is 30.0 Å². The summed E-state index contributed by atoms with van der Waals surface area (Å²) in [6.07, 6.45) is -1.16. The number of esters is 1. The van der Waals surface area contributed by atoms with Gasteiger partial charge in [0.25, 0.3) is 11.1 Å². The van der Waals surface area contributed by atoms with E-state index in [1.54, 1.807) is 44.2 Å². The zero-order valence-corrected chi connectivity index (χ0v) is 29.4. The standard InChI is InChI=1S/C17H16IN5O5.C10H12IN5O4/c1-10-13(27-15(25)11-5-3-2-4-6-11)17(9-18,21-22-19)28-14(10)23-8-7-12(24)20-16(23)26;1-5-7(18)10(4-11,14-15-12)20-8(5)16-3-2-6(17)13-9(16)19/h2-8,10,13-14H,9H2,1H3,(H,20,24,26);2-3,5,7-8,18H,4H2,1H3,(H,13,17,19). The predicted octanol–water partition coefficient (Wildman–Crippen LogP) is 2.87. The maximum Gasteiger partial charge on any atom is 0.338 e. The average Bonchev–Trinajstić information content (AvgIpc) is 3.48. The van der Waals surface area contributed by atoms with E-state index in [1.165, 1.54) is 29.1 Å². The first-order chi connectivity index (χ1) is 22.9.